The molecule has 3 fully saturated rings. The van der Waals surface area contributed by atoms with E-state index in [9.17, 15) is 9.59 Å². The van der Waals surface area contributed by atoms with Gasteiger partial charge < -0.3 is 15.1 Å². The molecule has 3 aliphatic heterocycles. The molecule has 3 amide bonds. The second-order valence-electron chi connectivity index (χ2n) is 8.07. The van der Waals surface area contributed by atoms with Crippen molar-refractivity contribution in [2.45, 2.75) is 32.7 Å². The molecular formula is C23H27N3O2. The summed E-state index contributed by atoms with van der Waals surface area (Å²) >= 11 is 0. The molecule has 2 aromatic carbocycles. The number of hydrogen-bond donors (Lipinski definition) is 1. The number of hydrogen-bond acceptors (Lipinski definition) is 2. The molecule has 3 aliphatic rings. The molecular weight excluding hydrogens is 350 g/mol. The average Bonchev–Trinajstić information content (AvgIpc) is 3.02. The van der Waals surface area contributed by atoms with Crippen LogP contribution >= 0.6 is 0 Å². The van der Waals surface area contributed by atoms with E-state index in [1.54, 1.807) is 0 Å². The zero-order valence-electron chi connectivity index (χ0n) is 16.5. The van der Waals surface area contributed by atoms with Crippen molar-refractivity contribution in [3.05, 3.63) is 65.2 Å². The van der Waals surface area contributed by atoms with E-state index in [-0.39, 0.29) is 18.0 Å². The number of fused-ring (bicyclic) bond motifs is 4. The van der Waals surface area contributed by atoms with Crippen LogP contribution in [-0.4, -0.2) is 47.4 Å². The van der Waals surface area contributed by atoms with E-state index in [0.29, 0.717) is 19.0 Å². The summed E-state index contributed by atoms with van der Waals surface area (Å²) in [4.78, 5) is 29.8. The number of urea groups is 1. The molecule has 5 rings (SSSR count). The third-order valence-corrected chi connectivity index (χ3v) is 5.91. The highest BCUT2D eigenvalue weighted by Crippen LogP contribution is 2.29. The summed E-state index contributed by atoms with van der Waals surface area (Å²) in [5.41, 5.74) is 3.82. The number of carbonyl (C=O) groups is 2. The third-order valence-electron chi connectivity index (χ3n) is 5.91. The lowest BCUT2D eigenvalue weighted by atomic mass is 9.95. The van der Waals surface area contributed by atoms with Gasteiger partial charge in [0, 0.05) is 30.9 Å². The van der Waals surface area contributed by atoms with Gasteiger partial charge in [-0.1, -0.05) is 35.9 Å². The summed E-state index contributed by atoms with van der Waals surface area (Å²) in [5.74, 6) is 0.394. The number of rotatable bonds is 2. The van der Waals surface area contributed by atoms with Gasteiger partial charge in [-0.15, -0.1) is 0 Å². The van der Waals surface area contributed by atoms with Crippen LogP contribution in [0.5, 0.6) is 0 Å². The van der Waals surface area contributed by atoms with Crippen LogP contribution in [0.15, 0.2) is 48.5 Å². The molecule has 0 spiro atoms. The zero-order valence-corrected chi connectivity index (χ0v) is 16.5. The van der Waals surface area contributed by atoms with Crippen LogP contribution < -0.4 is 5.32 Å². The first kappa shape index (κ1) is 18.5. The Morgan fingerprint density at radius 1 is 0.964 bits per heavy atom. The van der Waals surface area contributed by atoms with Crippen molar-refractivity contribution in [1.29, 1.82) is 0 Å². The molecule has 0 unspecified atom stereocenters. The molecule has 28 heavy (non-hydrogen) atoms. The highest BCUT2D eigenvalue weighted by atomic mass is 16.2. The highest BCUT2D eigenvalue weighted by molar-refractivity contribution is 5.94. The maximum atomic E-state index is 13.0. The Hall–Kier alpha value is -2.82. The fourth-order valence-corrected chi connectivity index (χ4v) is 4.40. The summed E-state index contributed by atoms with van der Waals surface area (Å²) in [6, 6.07) is 15.5. The molecule has 0 saturated carbocycles. The fourth-order valence-electron chi connectivity index (χ4n) is 4.40. The smallest absolute Gasteiger partial charge is 0.322 e. The maximum absolute atomic E-state index is 13.0. The Bertz CT molecular complexity index is 881. The van der Waals surface area contributed by atoms with Crippen molar-refractivity contribution in [3.8, 4) is 0 Å². The molecule has 3 heterocycles. The van der Waals surface area contributed by atoms with Gasteiger partial charge in [0.25, 0.3) is 5.91 Å². The molecule has 2 aromatic rings. The highest BCUT2D eigenvalue weighted by Gasteiger charge is 2.38. The number of piperidine rings is 1. The molecule has 2 atom stereocenters. The number of amides is 3. The van der Waals surface area contributed by atoms with Crippen molar-refractivity contribution < 1.29 is 9.59 Å². The Labute approximate surface area is 166 Å². The topological polar surface area (TPSA) is 52.7 Å². The Kier molecular flexibility index (Phi) is 5.07. The number of benzene rings is 2. The summed E-state index contributed by atoms with van der Waals surface area (Å²) in [7, 11) is 0. The first-order chi connectivity index (χ1) is 13.5. The normalized spacial score (nSPS) is 21.4. The van der Waals surface area contributed by atoms with Crippen molar-refractivity contribution in [3.63, 3.8) is 0 Å². The van der Waals surface area contributed by atoms with E-state index in [0.717, 1.165) is 36.2 Å². The second kappa shape index (κ2) is 7.66. The van der Waals surface area contributed by atoms with Gasteiger partial charge in [-0.25, -0.2) is 4.79 Å². The van der Waals surface area contributed by atoms with Crippen molar-refractivity contribution in [1.82, 2.24) is 9.80 Å². The van der Waals surface area contributed by atoms with Crippen LogP contribution in [0.3, 0.4) is 0 Å². The Morgan fingerprint density at radius 3 is 2.50 bits per heavy atom. The van der Waals surface area contributed by atoms with Crippen LogP contribution in [0, 0.1) is 19.8 Å². The van der Waals surface area contributed by atoms with Gasteiger partial charge in [-0.3, -0.25) is 4.79 Å². The van der Waals surface area contributed by atoms with Gasteiger partial charge in [0.15, 0.2) is 0 Å². The summed E-state index contributed by atoms with van der Waals surface area (Å²) in [5, 5.41) is 3.08. The van der Waals surface area contributed by atoms with Gasteiger partial charge in [0.1, 0.15) is 0 Å². The molecule has 0 aliphatic carbocycles. The summed E-state index contributed by atoms with van der Waals surface area (Å²) < 4.78 is 0. The lowest BCUT2D eigenvalue weighted by Gasteiger charge is -2.36. The minimum Gasteiger partial charge on any atom is -0.336 e. The van der Waals surface area contributed by atoms with E-state index in [1.165, 1.54) is 5.56 Å². The van der Waals surface area contributed by atoms with Crippen LogP contribution in [-0.2, 0) is 0 Å². The fraction of sp³-hybridized carbons (Fsp3) is 0.391. The largest absolute Gasteiger partial charge is 0.336 e. The molecule has 146 valence electrons. The first-order valence-electron chi connectivity index (χ1n) is 10.0. The van der Waals surface area contributed by atoms with E-state index >= 15 is 0 Å². The van der Waals surface area contributed by atoms with Gasteiger partial charge in [-0.2, -0.15) is 0 Å². The summed E-state index contributed by atoms with van der Waals surface area (Å²) in [6.07, 6.45) is 2.01. The third kappa shape index (κ3) is 3.75. The molecule has 2 bridgehead atoms. The van der Waals surface area contributed by atoms with Gasteiger partial charge in [0.05, 0.1) is 6.04 Å². The molecule has 0 aromatic heterocycles. The minimum atomic E-state index is -0.0596. The quantitative estimate of drug-likeness (QED) is 0.858. The van der Waals surface area contributed by atoms with Crippen LogP contribution in [0.25, 0.3) is 0 Å². The van der Waals surface area contributed by atoms with Gasteiger partial charge in [0.2, 0.25) is 0 Å². The Morgan fingerprint density at radius 2 is 1.75 bits per heavy atom. The summed E-state index contributed by atoms with van der Waals surface area (Å²) in [6.45, 7) is 6.09. The second-order valence-corrected chi connectivity index (χ2v) is 8.07. The van der Waals surface area contributed by atoms with E-state index in [1.807, 2.05) is 66.1 Å². The zero-order chi connectivity index (χ0) is 19.7. The van der Waals surface area contributed by atoms with Crippen molar-refractivity contribution >= 4 is 17.6 Å². The standard InChI is InChI=1S/C23H27N3O2/c1-16-8-11-21(17(2)12-16)24-23(28)26-14-18-9-10-20(26)15-25(13-18)22(27)19-6-4-3-5-7-19/h3-8,11-12,18,20H,9-10,13-15H2,1-2H3,(H,24,28)/t18-,20+/m0/s1. The van der Waals surface area contributed by atoms with Crippen molar-refractivity contribution in [2.75, 3.05) is 25.0 Å². The van der Waals surface area contributed by atoms with E-state index in [4.69, 9.17) is 0 Å². The monoisotopic (exact) mass is 377 g/mol. The number of nitrogens with one attached hydrogen (secondary N) is 1. The van der Waals surface area contributed by atoms with Gasteiger partial charge >= 0.3 is 6.03 Å². The minimum absolute atomic E-state index is 0.0596. The predicted octanol–water partition coefficient (Wildman–Crippen LogP) is 4.07. The lowest BCUT2D eigenvalue weighted by Crippen LogP contribution is -2.49. The number of anilines is 1. The first-order valence-corrected chi connectivity index (χ1v) is 10.0. The van der Waals surface area contributed by atoms with Gasteiger partial charge in [-0.05, 0) is 56.4 Å². The molecule has 5 heteroatoms. The predicted molar refractivity (Wildman–Crippen MR) is 110 cm³/mol. The SMILES string of the molecule is Cc1ccc(NC(=O)N2C[C@H]3CC[C@@H]2CN(C(=O)c2ccccc2)C3)c(C)c1. The average molecular weight is 377 g/mol. The molecule has 0 radical (unpaired) electrons. The molecule has 5 nitrogen and oxygen atoms in total. The van der Waals surface area contributed by atoms with Crippen LogP contribution in [0.2, 0.25) is 0 Å². The number of nitrogens with zero attached hydrogens (tertiary/aromatic N) is 2. The van der Waals surface area contributed by atoms with Crippen LogP contribution in [0.4, 0.5) is 10.5 Å². The van der Waals surface area contributed by atoms with Crippen LogP contribution in [0.1, 0.15) is 34.3 Å². The van der Waals surface area contributed by atoms with E-state index in [2.05, 4.69) is 11.4 Å². The molecule has 3 saturated heterocycles. The Balaban J connectivity index is 1.48. The van der Waals surface area contributed by atoms with Crippen molar-refractivity contribution in [2.24, 2.45) is 5.92 Å². The maximum Gasteiger partial charge on any atom is 0.322 e. The number of carbonyl (C=O) groups excluding carboxylic acids is 2. The van der Waals surface area contributed by atoms with E-state index < -0.39 is 0 Å². The number of aryl methyl sites for hydroxylation is 2. The lowest BCUT2D eigenvalue weighted by molar-refractivity contribution is 0.0743. The molecule has 1 N–H and O–H groups in total.